The van der Waals surface area contributed by atoms with Gasteiger partial charge in [0.2, 0.25) is 10.0 Å². The highest BCUT2D eigenvalue weighted by atomic mass is 79.9. The van der Waals surface area contributed by atoms with Crippen molar-refractivity contribution in [2.24, 2.45) is 0 Å². The van der Waals surface area contributed by atoms with Crippen LogP contribution in [0.5, 0.6) is 5.75 Å². The molecule has 0 fully saturated rings. The van der Waals surface area contributed by atoms with Gasteiger partial charge in [0.15, 0.2) is 0 Å². The SMILES string of the molecule is COc1ccc(C(C)NS(=O)(=O)c2ccc(C)cc2)cc1Br. The second-order valence-corrected chi connectivity index (χ2v) is 7.62. The number of nitrogens with one attached hydrogen (secondary N) is 1. The first kappa shape index (κ1) is 17.0. The van der Waals surface area contributed by atoms with E-state index in [9.17, 15) is 8.42 Å². The van der Waals surface area contributed by atoms with Crippen LogP contribution in [0.25, 0.3) is 0 Å². The summed E-state index contributed by atoms with van der Waals surface area (Å²) in [5.74, 6) is 0.706. The highest BCUT2D eigenvalue weighted by Crippen LogP contribution is 2.28. The number of methoxy groups -OCH3 is 1. The molecule has 6 heteroatoms. The van der Waals surface area contributed by atoms with Gasteiger partial charge in [0.1, 0.15) is 5.75 Å². The van der Waals surface area contributed by atoms with E-state index < -0.39 is 10.0 Å². The van der Waals surface area contributed by atoms with E-state index >= 15 is 0 Å². The lowest BCUT2D eigenvalue weighted by Crippen LogP contribution is -2.26. The summed E-state index contributed by atoms with van der Waals surface area (Å²) in [6.45, 7) is 3.72. The number of sulfonamides is 1. The fraction of sp³-hybridized carbons (Fsp3) is 0.250. The molecule has 2 aromatic rings. The Hall–Kier alpha value is -1.37. The Morgan fingerprint density at radius 3 is 2.32 bits per heavy atom. The van der Waals surface area contributed by atoms with Crippen LogP contribution >= 0.6 is 15.9 Å². The number of ether oxygens (including phenoxy) is 1. The number of rotatable bonds is 5. The summed E-state index contributed by atoms with van der Waals surface area (Å²) < 4.78 is 33.4. The summed E-state index contributed by atoms with van der Waals surface area (Å²) >= 11 is 3.41. The maximum absolute atomic E-state index is 12.4. The van der Waals surface area contributed by atoms with Crippen molar-refractivity contribution in [2.45, 2.75) is 24.8 Å². The lowest BCUT2D eigenvalue weighted by molar-refractivity contribution is 0.412. The molecule has 0 bridgehead atoms. The summed E-state index contributed by atoms with van der Waals surface area (Å²) in [5, 5.41) is 0. The third-order valence-corrected chi connectivity index (χ3v) is 5.52. The molecule has 1 atom stereocenters. The van der Waals surface area contributed by atoms with E-state index in [0.717, 1.165) is 15.6 Å². The molecule has 1 N–H and O–H groups in total. The quantitative estimate of drug-likeness (QED) is 0.853. The van der Waals surface area contributed by atoms with E-state index in [1.54, 1.807) is 44.4 Å². The molecule has 0 aliphatic rings. The summed E-state index contributed by atoms with van der Waals surface area (Å²) in [7, 11) is -1.96. The lowest BCUT2D eigenvalue weighted by Gasteiger charge is -2.16. The van der Waals surface area contributed by atoms with Crippen molar-refractivity contribution >= 4 is 26.0 Å². The second-order valence-electron chi connectivity index (χ2n) is 5.05. The van der Waals surface area contributed by atoms with Crippen molar-refractivity contribution in [3.8, 4) is 5.75 Å². The predicted octanol–water partition coefficient (Wildman–Crippen LogP) is 3.81. The highest BCUT2D eigenvalue weighted by Gasteiger charge is 2.18. The fourth-order valence-electron chi connectivity index (χ4n) is 2.04. The molecule has 4 nitrogen and oxygen atoms in total. The highest BCUT2D eigenvalue weighted by molar-refractivity contribution is 9.10. The van der Waals surface area contributed by atoms with Crippen LogP contribution in [0, 0.1) is 6.92 Å². The van der Waals surface area contributed by atoms with Gasteiger partial charge < -0.3 is 4.74 Å². The minimum Gasteiger partial charge on any atom is -0.496 e. The average molecular weight is 384 g/mol. The first-order valence-corrected chi connectivity index (χ1v) is 9.03. The third-order valence-electron chi connectivity index (χ3n) is 3.34. The Balaban J connectivity index is 2.22. The average Bonchev–Trinajstić information content (AvgIpc) is 2.47. The maximum atomic E-state index is 12.4. The molecule has 0 amide bonds. The molecule has 0 aromatic heterocycles. The Morgan fingerprint density at radius 1 is 1.14 bits per heavy atom. The van der Waals surface area contributed by atoms with Gasteiger partial charge >= 0.3 is 0 Å². The molecule has 2 rings (SSSR count). The van der Waals surface area contributed by atoms with Crippen LogP contribution in [-0.4, -0.2) is 15.5 Å². The van der Waals surface area contributed by atoms with Crippen LogP contribution < -0.4 is 9.46 Å². The van der Waals surface area contributed by atoms with Crippen LogP contribution in [0.3, 0.4) is 0 Å². The second kappa shape index (κ2) is 6.81. The first-order valence-electron chi connectivity index (χ1n) is 6.76. The zero-order chi connectivity index (χ0) is 16.3. The smallest absolute Gasteiger partial charge is 0.241 e. The molecule has 0 spiro atoms. The van der Waals surface area contributed by atoms with Gasteiger partial charge in [0, 0.05) is 6.04 Å². The molecule has 1 unspecified atom stereocenters. The van der Waals surface area contributed by atoms with Crippen molar-refractivity contribution in [3.05, 3.63) is 58.1 Å². The van der Waals surface area contributed by atoms with E-state index in [1.807, 2.05) is 19.1 Å². The molecule has 2 aromatic carbocycles. The van der Waals surface area contributed by atoms with Gasteiger partial charge in [-0.25, -0.2) is 13.1 Å². The van der Waals surface area contributed by atoms with E-state index in [0.29, 0.717) is 5.75 Å². The monoisotopic (exact) mass is 383 g/mol. The predicted molar refractivity (Wildman–Crippen MR) is 90.6 cm³/mol. The zero-order valence-electron chi connectivity index (χ0n) is 12.6. The van der Waals surface area contributed by atoms with Gasteiger partial charge in [-0.1, -0.05) is 23.8 Å². The van der Waals surface area contributed by atoms with Crippen molar-refractivity contribution in [1.29, 1.82) is 0 Å². The van der Waals surface area contributed by atoms with E-state index in [2.05, 4.69) is 20.7 Å². The van der Waals surface area contributed by atoms with Crippen LogP contribution in [0.4, 0.5) is 0 Å². The fourth-order valence-corrected chi connectivity index (χ4v) is 3.83. The largest absolute Gasteiger partial charge is 0.496 e. The summed E-state index contributed by atoms with van der Waals surface area (Å²) in [5.41, 5.74) is 1.87. The van der Waals surface area contributed by atoms with Crippen LogP contribution in [0.2, 0.25) is 0 Å². The molecule has 0 saturated heterocycles. The Labute approximate surface area is 139 Å². The van der Waals surface area contributed by atoms with E-state index in [-0.39, 0.29) is 10.9 Å². The number of aryl methyl sites for hydroxylation is 1. The van der Waals surface area contributed by atoms with Gasteiger partial charge in [0.05, 0.1) is 16.5 Å². The number of hydrogen-bond acceptors (Lipinski definition) is 3. The molecular formula is C16H18BrNO3S. The number of benzene rings is 2. The van der Waals surface area contributed by atoms with Gasteiger partial charge in [-0.3, -0.25) is 0 Å². The molecule has 0 aliphatic carbocycles. The van der Waals surface area contributed by atoms with Gasteiger partial charge in [-0.05, 0) is 59.6 Å². The molecule has 0 saturated carbocycles. The molecule has 0 radical (unpaired) electrons. The first-order chi connectivity index (χ1) is 10.3. The van der Waals surface area contributed by atoms with Crippen molar-refractivity contribution in [3.63, 3.8) is 0 Å². The van der Waals surface area contributed by atoms with Crippen LogP contribution in [-0.2, 0) is 10.0 Å². The Bertz CT molecular complexity index is 757. The van der Waals surface area contributed by atoms with Gasteiger partial charge in [-0.2, -0.15) is 0 Å². The summed E-state index contributed by atoms with van der Waals surface area (Å²) in [6, 6.07) is 11.9. The van der Waals surface area contributed by atoms with Gasteiger partial charge in [0.25, 0.3) is 0 Å². The molecule has 0 aliphatic heterocycles. The maximum Gasteiger partial charge on any atom is 0.241 e. The van der Waals surface area contributed by atoms with E-state index in [1.165, 1.54) is 0 Å². The van der Waals surface area contributed by atoms with Crippen LogP contribution in [0.15, 0.2) is 51.8 Å². The minimum atomic E-state index is -3.55. The van der Waals surface area contributed by atoms with E-state index in [4.69, 9.17) is 4.74 Å². The summed E-state index contributed by atoms with van der Waals surface area (Å²) in [6.07, 6.45) is 0. The molecule has 0 heterocycles. The minimum absolute atomic E-state index is 0.262. The lowest BCUT2D eigenvalue weighted by atomic mass is 10.1. The zero-order valence-corrected chi connectivity index (χ0v) is 15.0. The Kier molecular flexibility index (Phi) is 5.26. The molecule has 22 heavy (non-hydrogen) atoms. The van der Waals surface area contributed by atoms with Crippen molar-refractivity contribution < 1.29 is 13.2 Å². The standard InChI is InChI=1S/C16H18BrNO3S/c1-11-4-7-14(8-5-11)22(19,20)18-12(2)13-6-9-16(21-3)15(17)10-13/h4-10,12,18H,1-3H3. The molecular weight excluding hydrogens is 366 g/mol. The van der Waals surface area contributed by atoms with Crippen molar-refractivity contribution in [1.82, 2.24) is 4.72 Å². The Morgan fingerprint density at radius 2 is 1.77 bits per heavy atom. The topological polar surface area (TPSA) is 55.4 Å². The number of halogens is 1. The molecule has 118 valence electrons. The normalized spacial score (nSPS) is 12.9. The number of hydrogen-bond donors (Lipinski definition) is 1. The van der Waals surface area contributed by atoms with Crippen molar-refractivity contribution in [2.75, 3.05) is 7.11 Å². The summed E-state index contributed by atoms with van der Waals surface area (Å²) in [4.78, 5) is 0.262. The third kappa shape index (κ3) is 3.88. The van der Waals surface area contributed by atoms with Crippen LogP contribution in [0.1, 0.15) is 24.1 Å². The van der Waals surface area contributed by atoms with Gasteiger partial charge in [-0.15, -0.1) is 0 Å².